The molecule has 9 heteroatoms. The molecule has 0 fully saturated rings. The smallest absolute Gasteiger partial charge is 0.326 e. The minimum atomic E-state index is -1.11. The lowest BCUT2D eigenvalue weighted by molar-refractivity contribution is -0.385. The lowest BCUT2D eigenvalue weighted by Crippen LogP contribution is -2.37. The number of hydrogen-bond donors (Lipinski definition) is 0. The minimum Gasteiger partial charge on any atom is -0.453 e. The Hall–Kier alpha value is -3.88. The van der Waals surface area contributed by atoms with Crippen LogP contribution < -0.4 is 0 Å². The van der Waals surface area contributed by atoms with E-state index in [1.54, 1.807) is 12.1 Å². The van der Waals surface area contributed by atoms with Gasteiger partial charge in [0.25, 0.3) is 17.5 Å². The summed E-state index contributed by atoms with van der Waals surface area (Å²) in [5.74, 6) is -3.11. The summed E-state index contributed by atoms with van der Waals surface area (Å²) in [6.07, 6.45) is 1.80. The van der Waals surface area contributed by atoms with Crippen LogP contribution in [0.3, 0.4) is 0 Å². The molecule has 31 heavy (non-hydrogen) atoms. The normalized spacial score (nSPS) is 15.5. The van der Waals surface area contributed by atoms with Gasteiger partial charge in [-0.15, -0.1) is 0 Å². The molecule has 2 amide bonds. The zero-order chi connectivity index (χ0) is 22.3. The van der Waals surface area contributed by atoms with Crippen LogP contribution in [0.4, 0.5) is 5.69 Å². The van der Waals surface area contributed by atoms with E-state index >= 15 is 0 Å². The topological polar surface area (TPSA) is 124 Å². The van der Waals surface area contributed by atoms with Gasteiger partial charge in [-0.2, -0.15) is 0 Å². The fourth-order valence-electron chi connectivity index (χ4n) is 3.99. The van der Waals surface area contributed by atoms with Crippen LogP contribution in [0, 0.1) is 10.1 Å². The molecule has 2 aromatic rings. The lowest BCUT2D eigenvalue weighted by Gasteiger charge is -2.16. The number of fused-ring (bicyclic) bond motifs is 2. The number of nitrogens with zero attached hydrogens (tertiary/aromatic N) is 2. The fourth-order valence-corrected chi connectivity index (χ4v) is 3.99. The number of Topliss-reactive ketones (excluding diaryl/α,β-unsaturated/α-hetero) is 1. The van der Waals surface area contributed by atoms with E-state index in [0.717, 1.165) is 30.9 Å². The molecular formula is C22H18N2O7. The molecule has 0 saturated heterocycles. The molecule has 0 saturated carbocycles. The van der Waals surface area contributed by atoms with E-state index in [1.807, 2.05) is 6.07 Å². The maximum atomic E-state index is 12.6. The number of benzene rings is 2. The Labute approximate surface area is 176 Å². The number of carbonyl (C=O) groups is 4. The zero-order valence-electron chi connectivity index (χ0n) is 16.6. The molecule has 0 bridgehead atoms. The molecule has 0 aromatic heterocycles. The monoisotopic (exact) mass is 422 g/mol. The zero-order valence-corrected chi connectivity index (χ0v) is 16.6. The third-order valence-corrected chi connectivity index (χ3v) is 5.52. The Morgan fingerprint density at radius 2 is 1.87 bits per heavy atom. The molecule has 2 aromatic carbocycles. The van der Waals surface area contributed by atoms with Gasteiger partial charge in [0.05, 0.1) is 10.5 Å². The summed E-state index contributed by atoms with van der Waals surface area (Å²) in [6.45, 7) is 0.673. The maximum Gasteiger partial charge on any atom is 0.326 e. The Morgan fingerprint density at radius 1 is 1.13 bits per heavy atom. The summed E-state index contributed by atoms with van der Waals surface area (Å²) >= 11 is 0. The molecule has 1 unspecified atom stereocenters. The molecule has 0 spiro atoms. The largest absolute Gasteiger partial charge is 0.453 e. The Morgan fingerprint density at radius 3 is 2.61 bits per heavy atom. The number of carbonyl (C=O) groups excluding carboxylic acids is 4. The van der Waals surface area contributed by atoms with Gasteiger partial charge in [-0.05, 0) is 49.4 Å². The standard InChI is InChI=1S/C22H18N2O7/c1-12(20(26)15-9-8-13-4-2-5-14(13)10-15)31-18(25)11-23-21(27)16-6-3-7-17(24(29)30)19(16)22(23)28/h3,6-10,12H,2,4-5,11H2,1H3. The number of amides is 2. The van der Waals surface area contributed by atoms with Crippen molar-refractivity contribution in [2.45, 2.75) is 32.3 Å². The van der Waals surface area contributed by atoms with Crippen LogP contribution in [-0.4, -0.2) is 46.0 Å². The van der Waals surface area contributed by atoms with E-state index in [9.17, 15) is 29.3 Å². The van der Waals surface area contributed by atoms with Crippen molar-refractivity contribution < 1.29 is 28.8 Å². The van der Waals surface area contributed by atoms with Crippen molar-refractivity contribution in [3.8, 4) is 0 Å². The van der Waals surface area contributed by atoms with Gasteiger partial charge in [0.1, 0.15) is 12.1 Å². The molecule has 2 aliphatic rings. The molecule has 4 rings (SSSR count). The minimum absolute atomic E-state index is 0.144. The highest BCUT2D eigenvalue weighted by Gasteiger charge is 2.42. The predicted molar refractivity (Wildman–Crippen MR) is 107 cm³/mol. The van der Waals surface area contributed by atoms with Crippen LogP contribution in [0.1, 0.15) is 55.5 Å². The van der Waals surface area contributed by atoms with E-state index in [-0.39, 0.29) is 16.9 Å². The van der Waals surface area contributed by atoms with Gasteiger partial charge in [-0.1, -0.05) is 18.2 Å². The third kappa shape index (κ3) is 3.58. The molecule has 0 radical (unpaired) electrons. The Balaban J connectivity index is 1.44. The highest BCUT2D eigenvalue weighted by molar-refractivity contribution is 6.24. The summed E-state index contributed by atoms with van der Waals surface area (Å²) in [6, 6.07) is 9.09. The number of nitro benzene ring substituents is 1. The van der Waals surface area contributed by atoms with Crippen LogP contribution in [0.2, 0.25) is 0 Å². The molecule has 1 heterocycles. The van der Waals surface area contributed by atoms with Crippen molar-refractivity contribution in [2.75, 3.05) is 6.54 Å². The molecule has 1 atom stereocenters. The van der Waals surface area contributed by atoms with Crippen LogP contribution in [-0.2, 0) is 22.4 Å². The number of esters is 1. The first-order valence-electron chi connectivity index (χ1n) is 9.77. The first-order chi connectivity index (χ1) is 14.8. The molecular weight excluding hydrogens is 404 g/mol. The van der Waals surface area contributed by atoms with Gasteiger partial charge in [0.2, 0.25) is 5.78 Å². The average molecular weight is 422 g/mol. The van der Waals surface area contributed by atoms with Gasteiger partial charge in [0.15, 0.2) is 6.10 Å². The van der Waals surface area contributed by atoms with Gasteiger partial charge < -0.3 is 4.74 Å². The van der Waals surface area contributed by atoms with Crippen molar-refractivity contribution in [3.63, 3.8) is 0 Å². The van der Waals surface area contributed by atoms with Gasteiger partial charge >= 0.3 is 5.97 Å². The van der Waals surface area contributed by atoms with E-state index in [0.29, 0.717) is 10.5 Å². The second kappa shape index (κ2) is 7.75. The number of hydrogen-bond acceptors (Lipinski definition) is 7. The Kier molecular flexibility index (Phi) is 5.10. The summed E-state index contributed by atoms with van der Waals surface area (Å²) in [5, 5.41) is 11.2. The SMILES string of the molecule is CC(OC(=O)CN1C(=O)c2cccc([N+](=O)[O-])c2C1=O)C(=O)c1ccc2c(c1)CCC2. The predicted octanol–water partition coefficient (Wildman–Crippen LogP) is 2.49. The molecule has 0 N–H and O–H groups in total. The highest BCUT2D eigenvalue weighted by Crippen LogP contribution is 2.30. The van der Waals surface area contributed by atoms with Crippen molar-refractivity contribution in [3.05, 3.63) is 74.3 Å². The van der Waals surface area contributed by atoms with Crippen molar-refractivity contribution in [1.29, 1.82) is 0 Å². The molecule has 158 valence electrons. The Bertz CT molecular complexity index is 1150. The lowest BCUT2D eigenvalue weighted by atomic mass is 10.0. The van der Waals surface area contributed by atoms with E-state index < -0.39 is 41.0 Å². The quantitative estimate of drug-likeness (QED) is 0.230. The van der Waals surface area contributed by atoms with Crippen molar-refractivity contribution in [2.24, 2.45) is 0 Å². The maximum absolute atomic E-state index is 12.6. The number of rotatable bonds is 6. The number of ether oxygens (including phenoxy) is 1. The average Bonchev–Trinajstić information content (AvgIpc) is 3.31. The summed E-state index contributed by atoms with van der Waals surface area (Å²) in [5.41, 5.74) is 1.74. The van der Waals surface area contributed by atoms with Crippen LogP contribution in [0.25, 0.3) is 0 Å². The number of ketones is 1. The number of aryl methyl sites for hydroxylation is 2. The number of nitro groups is 1. The van der Waals surface area contributed by atoms with Gasteiger partial charge in [-0.3, -0.25) is 34.2 Å². The van der Waals surface area contributed by atoms with Crippen LogP contribution in [0.5, 0.6) is 0 Å². The first-order valence-corrected chi connectivity index (χ1v) is 9.77. The van der Waals surface area contributed by atoms with E-state index in [4.69, 9.17) is 4.74 Å². The van der Waals surface area contributed by atoms with Crippen LogP contribution >= 0.6 is 0 Å². The third-order valence-electron chi connectivity index (χ3n) is 5.52. The molecule has 1 aliphatic carbocycles. The number of imide groups is 1. The summed E-state index contributed by atoms with van der Waals surface area (Å²) in [7, 11) is 0. The van der Waals surface area contributed by atoms with E-state index in [1.165, 1.54) is 24.6 Å². The van der Waals surface area contributed by atoms with Gasteiger partial charge in [0, 0.05) is 11.6 Å². The fraction of sp³-hybridized carbons (Fsp3) is 0.273. The molecule has 9 nitrogen and oxygen atoms in total. The second-order valence-electron chi connectivity index (χ2n) is 7.49. The molecule has 1 aliphatic heterocycles. The van der Waals surface area contributed by atoms with Gasteiger partial charge in [-0.25, -0.2) is 0 Å². The summed E-state index contributed by atoms with van der Waals surface area (Å²) < 4.78 is 5.15. The highest BCUT2D eigenvalue weighted by atomic mass is 16.6. The van der Waals surface area contributed by atoms with Crippen molar-refractivity contribution in [1.82, 2.24) is 4.90 Å². The van der Waals surface area contributed by atoms with Crippen LogP contribution in [0.15, 0.2) is 36.4 Å². The van der Waals surface area contributed by atoms with Crippen molar-refractivity contribution >= 4 is 29.3 Å². The summed E-state index contributed by atoms with van der Waals surface area (Å²) in [4.78, 5) is 61.0. The van der Waals surface area contributed by atoms with E-state index in [2.05, 4.69) is 0 Å². The first kappa shape index (κ1) is 20.4. The second-order valence-corrected chi connectivity index (χ2v) is 7.49.